The molecule has 1 saturated carbocycles. The minimum Gasteiger partial charge on any atom is -0.478 e. The van der Waals surface area contributed by atoms with Crippen molar-refractivity contribution in [2.24, 2.45) is 5.92 Å². The van der Waals surface area contributed by atoms with Gasteiger partial charge in [-0.3, -0.25) is 4.79 Å². The Morgan fingerprint density at radius 1 is 1.38 bits per heavy atom. The van der Waals surface area contributed by atoms with Crippen molar-refractivity contribution in [2.45, 2.75) is 25.8 Å². The second-order valence-corrected chi connectivity index (χ2v) is 6.62. The summed E-state index contributed by atoms with van der Waals surface area (Å²) in [7, 11) is 1.70. The number of carboxylic acids is 1. The van der Waals surface area contributed by atoms with E-state index in [2.05, 4.69) is 0 Å². The number of benzene rings is 1. The van der Waals surface area contributed by atoms with Crippen LogP contribution in [0.2, 0.25) is 5.02 Å². The van der Waals surface area contributed by atoms with Gasteiger partial charge in [-0.2, -0.15) is 0 Å². The molecular formula is C18H18ClNO4. The van der Waals surface area contributed by atoms with E-state index < -0.39 is 5.97 Å². The number of aryl methyl sites for hydroxylation is 1. The molecule has 0 aliphatic heterocycles. The highest BCUT2D eigenvalue weighted by Crippen LogP contribution is 2.48. The lowest BCUT2D eigenvalue weighted by Crippen LogP contribution is -2.27. The van der Waals surface area contributed by atoms with E-state index in [-0.39, 0.29) is 29.9 Å². The third kappa shape index (κ3) is 3.31. The summed E-state index contributed by atoms with van der Waals surface area (Å²) in [5, 5.41) is 9.72. The predicted octanol–water partition coefficient (Wildman–Crippen LogP) is 3.70. The molecule has 1 aliphatic carbocycles. The van der Waals surface area contributed by atoms with Gasteiger partial charge >= 0.3 is 5.97 Å². The molecule has 0 spiro atoms. The Bertz CT molecular complexity index is 798. The molecule has 1 N–H and O–H groups in total. The SMILES string of the molecule is Cc1oc(CN(C)C(=O)[C@@H]2C[C@H]2c2cccc(Cl)c2)cc1C(=O)O. The van der Waals surface area contributed by atoms with Gasteiger partial charge in [-0.15, -0.1) is 0 Å². The Kier molecular flexibility index (Phi) is 4.37. The van der Waals surface area contributed by atoms with Crippen LogP contribution in [0.15, 0.2) is 34.7 Å². The summed E-state index contributed by atoms with van der Waals surface area (Å²) in [5.74, 6) is -0.0251. The van der Waals surface area contributed by atoms with Gasteiger partial charge < -0.3 is 14.4 Å². The molecule has 0 bridgehead atoms. The first kappa shape index (κ1) is 16.6. The van der Waals surface area contributed by atoms with Gasteiger partial charge in [0, 0.05) is 18.0 Å². The second-order valence-electron chi connectivity index (χ2n) is 6.19. The summed E-state index contributed by atoms with van der Waals surface area (Å²) in [6.07, 6.45) is 0.807. The molecule has 24 heavy (non-hydrogen) atoms. The van der Waals surface area contributed by atoms with E-state index in [1.165, 1.54) is 6.07 Å². The van der Waals surface area contributed by atoms with Gasteiger partial charge in [-0.05, 0) is 43.0 Å². The van der Waals surface area contributed by atoms with Gasteiger partial charge in [0.25, 0.3) is 0 Å². The maximum Gasteiger partial charge on any atom is 0.339 e. The summed E-state index contributed by atoms with van der Waals surface area (Å²) in [6.45, 7) is 1.86. The summed E-state index contributed by atoms with van der Waals surface area (Å²) < 4.78 is 5.43. The van der Waals surface area contributed by atoms with Crippen molar-refractivity contribution in [2.75, 3.05) is 7.05 Å². The van der Waals surface area contributed by atoms with Crippen molar-refractivity contribution < 1.29 is 19.1 Å². The highest BCUT2D eigenvalue weighted by Gasteiger charge is 2.45. The van der Waals surface area contributed by atoms with Crippen molar-refractivity contribution in [1.29, 1.82) is 0 Å². The third-order valence-electron chi connectivity index (χ3n) is 4.35. The van der Waals surface area contributed by atoms with Crippen LogP contribution in [-0.2, 0) is 11.3 Å². The maximum absolute atomic E-state index is 12.5. The van der Waals surface area contributed by atoms with Crippen LogP contribution in [0.1, 0.15) is 39.8 Å². The number of carboxylic acid groups (broad SMARTS) is 1. The fraction of sp³-hybridized carbons (Fsp3) is 0.333. The van der Waals surface area contributed by atoms with E-state index >= 15 is 0 Å². The molecule has 1 heterocycles. The zero-order valence-electron chi connectivity index (χ0n) is 13.5. The Balaban J connectivity index is 1.64. The lowest BCUT2D eigenvalue weighted by molar-refractivity contribution is -0.132. The van der Waals surface area contributed by atoms with Crippen LogP contribution in [0.4, 0.5) is 0 Å². The fourth-order valence-corrected chi connectivity index (χ4v) is 3.20. The van der Waals surface area contributed by atoms with E-state index in [0.717, 1.165) is 12.0 Å². The topological polar surface area (TPSA) is 70.8 Å². The van der Waals surface area contributed by atoms with Crippen molar-refractivity contribution in [3.8, 4) is 0 Å². The van der Waals surface area contributed by atoms with Crippen LogP contribution < -0.4 is 0 Å². The van der Waals surface area contributed by atoms with E-state index in [9.17, 15) is 9.59 Å². The molecule has 1 aromatic carbocycles. The summed E-state index contributed by atoms with van der Waals surface area (Å²) in [5.41, 5.74) is 1.21. The first-order chi connectivity index (χ1) is 11.4. The molecule has 0 saturated heterocycles. The monoisotopic (exact) mass is 347 g/mol. The largest absolute Gasteiger partial charge is 0.478 e. The molecule has 6 heteroatoms. The first-order valence-corrected chi connectivity index (χ1v) is 8.07. The van der Waals surface area contributed by atoms with Crippen LogP contribution in [0, 0.1) is 12.8 Å². The van der Waals surface area contributed by atoms with Crippen molar-refractivity contribution in [1.82, 2.24) is 4.90 Å². The van der Waals surface area contributed by atoms with E-state index in [4.69, 9.17) is 21.1 Å². The molecule has 1 fully saturated rings. The fourth-order valence-electron chi connectivity index (χ4n) is 3.00. The van der Waals surface area contributed by atoms with Gasteiger partial charge in [0.2, 0.25) is 5.91 Å². The molecule has 126 valence electrons. The van der Waals surface area contributed by atoms with Crippen LogP contribution >= 0.6 is 11.6 Å². The lowest BCUT2D eigenvalue weighted by Gasteiger charge is -2.15. The van der Waals surface area contributed by atoms with Gasteiger partial charge in [-0.1, -0.05) is 23.7 Å². The number of carbonyl (C=O) groups excluding carboxylic acids is 1. The molecule has 0 radical (unpaired) electrons. The number of hydrogen-bond acceptors (Lipinski definition) is 3. The van der Waals surface area contributed by atoms with Crippen LogP contribution in [0.25, 0.3) is 0 Å². The number of rotatable bonds is 5. The normalized spacial score (nSPS) is 19.1. The summed E-state index contributed by atoms with van der Waals surface area (Å²) >= 11 is 6.00. The van der Waals surface area contributed by atoms with E-state index in [1.54, 1.807) is 18.9 Å². The molecule has 0 unspecified atom stereocenters. The maximum atomic E-state index is 12.5. The van der Waals surface area contributed by atoms with Crippen molar-refractivity contribution in [3.05, 3.63) is 58.0 Å². The number of carbonyl (C=O) groups is 2. The van der Waals surface area contributed by atoms with Gasteiger partial charge in [0.15, 0.2) is 0 Å². The number of aromatic carboxylic acids is 1. The second kappa shape index (κ2) is 6.32. The Morgan fingerprint density at radius 3 is 2.75 bits per heavy atom. The highest BCUT2D eigenvalue weighted by atomic mass is 35.5. The van der Waals surface area contributed by atoms with E-state index in [1.807, 2.05) is 24.3 Å². The highest BCUT2D eigenvalue weighted by molar-refractivity contribution is 6.30. The molecular weight excluding hydrogens is 330 g/mol. The summed E-state index contributed by atoms with van der Waals surface area (Å²) in [4.78, 5) is 25.2. The molecule has 5 nitrogen and oxygen atoms in total. The Labute approximate surface area is 144 Å². The number of hydrogen-bond donors (Lipinski definition) is 1. The van der Waals surface area contributed by atoms with Gasteiger partial charge in [0.05, 0.1) is 6.54 Å². The molecule has 3 rings (SSSR count). The molecule has 2 aromatic rings. The van der Waals surface area contributed by atoms with E-state index in [0.29, 0.717) is 16.5 Å². The Morgan fingerprint density at radius 2 is 2.12 bits per heavy atom. The van der Waals surface area contributed by atoms with Crippen molar-refractivity contribution >= 4 is 23.5 Å². The zero-order valence-corrected chi connectivity index (χ0v) is 14.2. The Hall–Kier alpha value is -2.27. The lowest BCUT2D eigenvalue weighted by atomic mass is 10.1. The number of halogens is 1. The average Bonchev–Trinajstić information content (AvgIpc) is 3.23. The minimum atomic E-state index is -1.03. The number of furan rings is 1. The third-order valence-corrected chi connectivity index (χ3v) is 4.59. The smallest absolute Gasteiger partial charge is 0.339 e. The van der Waals surface area contributed by atoms with Gasteiger partial charge in [0.1, 0.15) is 17.1 Å². The average molecular weight is 348 g/mol. The van der Waals surface area contributed by atoms with Crippen molar-refractivity contribution in [3.63, 3.8) is 0 Å². The molecule has 1 aliphatic rings. The first-order valence-electron chi connectivity index (χ1n) is 7.70. The minimum absolute atomic E-state index is 0.0332. The standard InChI is InChI=1S/C18H18ClNO4/c1-10-14(18(22)23)7-13(24-10)9-20(2)17(21)16-8-15(16)11-4-3-5-12(19)6-11/h3-7,15-16H,8-9H2,1-2H3,(H,22,23)/t15-,16+/m0/s1. The van der Waals surface area contributed by atoms with Crippen LogP contribution in [0.5, 0.6) is 0 Å². The summed E-state index contributed by atoms with van der Waals surface area (Å²) in [6, 6.07) is 9.06. The number of amides is 1. The molecule has 1 aromatic heterocycles. The van der Waals surface area contributed by atoms with Gasteiger partial charge in [-0.25, -0.2) is 4.79 Å². The van der Waals surface area contributed by atoms with Crippen LogP contribution in [-0.4, -0.2) is 28.9 Å². The quantitative estimate of drug-likeness (QED) is 0.895. The number of nitrogens with zero attached hydrogens (tertiary/aromatic N) is 1. The zero-order chi connectivity index (χ0) is 17.4. The van der Waals surface area contributed by atoms with Crippen LogP contribution in [0.3, 0.4) is 0 Å². The molecule has 2 atom stereocenters. The molecule has 1 amide bonds. The predicted molar refractivity (Wildman–Crippen MR) is 89.2 cm³/mol.